The van der Waals surface area contributed by atoms with Gasteiger partial charge in [-0.15, -0.1) is 0 Å². The van der Waals surface area contributed by atoms with Crippen molar-refractivity contribution in [1.29, 1.82) is 0 Å². The molecule has 3 amide bonds. The minimum absolute atomic E-state index is 0.000534. The summed E-state index contributed by atoms with van der Waals surface area (Å²) in [5, 5.41) is 9.68. The minimum Gasteiger partial charge on any atom is -0.486 e. The normalized spacial score (nSPS) is 27.8. The molecule has 0 radical (unpaired) electrons. The third-order valence-corrected chi connectivity index (χ3v) is 12.3. The van der Waals surface area contributed by atoms with Crippen LogP contribution < -0.4 is 9.47 Å². The number of aryl methyl sites for hydroxylation is 1. The number of hydrogen-bond donors (Lipinski definition) is 1. The molecule has 57 heavy (non-hydrogen) atoms. The molecule has 314 valence electrons. The second kappa shape index (κ2) is 15.3. The highest BCUT2D eigenvalue weighted by Crippen LogP contribution is 2.65. The Kier molecular flexibility index (Phi) is 11.4. The molecule has 1 aromatic carbocycles. The molecule has 3 heterocycles. The van der Waals surface area contributed by atoms with Gasteiger partial charge in [0.05, 0.1) is 24.8 Å². The van der Waals surface area contributed by atoms with Crippen LogP contribution in [0, 0.1) is 23.2 Å². The lowest BCUT2D eigenvalue weighted by Gasteiger charge is -2.64. The summed E-state index contributed by atoms with van der Waals surface area (Å²) in [6.07, 6.45) is 0.496. The number of likely N-dealkylation sites (N-methyl/N-ethyl adjacent to an activating group) is 1. The van der Waals surface area contributed by atoms with Gasteiger partial charge in [-0.05, 0) is 115 Å². The molecule has 0 aromatic heterocycles. The molecule has 0 spiro atoms. The van der Waals surface area contributed by atoms with Crippen molar-refractivity contribution in [2.75, 3.05) is 33.7 Å². The van der Waals surface area contributed by atoms with E-state index in [-0.39, 0.29) is 84.4 Å². The van der Waals surface area contributed by atoms with Crippen molar-refractivity contribution in [3.8, 4) is 11.5 Å². The summed E-state index contributed by atoms with van der Waals surface area (Å²) in [6, 6.07) is 2.56. The molecule has 3 aliphatic carbocycles. The van der Waals surface area contributed by atoms with Crippen LogP contribution >= 0.6 is 0 Å². The summed E-state index contributed by atoms with van der Waals surface area (Å²) in [5.41, 5.74) is -1.51. The summed E-state index contributed by atoms with van der Waals surface area (Å²) in [7, 11) is 2.66. The number of ether oxygens (including phenoxy) is 4. The fourth-order valence-corrected chi connectivity index (χ4v) is 9.33. The molecule has 3 saturated carbocycles. The zero-order valence-electron chi connectivity index (χ0n) is 35.3. The first-order valence-corrected chi connectivity index (χ1v) is 20.1. The quantitative estimate of drug-likeness (QED) is 0.175. The van der Waals surface area contributed by atoms with E-state index < -0.39 is 48.7 Å². The van der Waals surface area contributed by atoms with Crippen molar-refractivity contribution < 1.29 is 57.3 Å². The SMILES string of the molecule is CN(C)C(=O)[C@H]1C[C@@H](CC(=O)N2CC(Oc3ccc(CCB4O[C@@H]5C[C@@H]6C[C@@H](C6(C)C)[C@]5(C)O4)c(OC(=O)OC(C)(C)C)c3C(=O)OC(C)(C)C)C2)CN1C(=O)O. The second-order valence-electron chi connectivity index (χ2n) is 19.5. The number of esters is 1. The van der Waals surface area contributed by atoms with Gasteiger partial charge in [-0.1, -0.05) is 19.9 Å². The van der Waals surface area contributed by atoms with Crippen molar-refractivity contribution in [3.05, 3.63) is 23.3 Å². The maximum Gasteiger partial charge on any atom is 0.514 e. The van der Waals surface area contributed by atoms with E-state index in [1.165, 1.54) is 4.90 Å². The smallest absolute Gasteiger partial charge is 0.486 e. The Morgan fingerprint density at radius 1 is 0.947 bits per heavy atom. The van der Waals surface area contributed by atoms with Crippen LogP contribution in [0.25, 0.3) is 0 Å². The molecule has 6 atom stereocenters. The molecule has 6 fully saturated rings. The van der Waals surface area contributed by atoms with Gasteiger partial charge >= 0.3 is 25.3 Å². The van der Waals surface area contributed by atoms with Crippen LogP contribution in [0.5, 0.6) is 11.5 Å². The third-order valence-electron chi connectivity index (χ3n) is 12.3. The maximum atomic E-state index is 14.0. The van der Waals surface area contributed by atoms with Crippen LogP contribution in [0.1, 0.15) is 104 Å². The molecule has 1 aromatic rings. The van der Waals surface area contributed by atoms with Crippen LogP contribution in [0.4, 0.5) is 9.59 Å². The van der Waals surface area contributed by atoms with Gasteiger partial charge in [-0.25, -0.2) is 14.4 Å². The lowest BCUT2D eigenvalue weighted by molar-refractivity contribution is -0.199. The summed E-state index contributed by atoms with van der Waals surface area (Å²) < 4.78 is 36.7. The predicted octanol–water partition coefficient (Wildman–Crippen LogP) is 5.66. The minimum atomic E-state index is -1.20. The molecule has 0 unspecified atom stereocenters. The van der Waals surface area contributed by atoms with Crippen molar-refractivity contribution in [1.82, 2.24) is 14.7 Å². The number of nitrogens with zero attached hydrogens (tertiary/aromatic N) is 3. The first kappa shape index (κ1) is 42.6. The van der Waals surface area contributed by atoms with Crippen molar-refractivity contribution >= 4 is 37.2 Å². The Morgan fingerprint density at radius 2 is 1.61 bits per heavy atom. The van der Waals surface area contributed by atoms with Crippen molar-refractivity contribution in [2.45, 2.75) is 136 Å². The van der Waals surface area contributed by atoms with Gasteiger partial charge in [-0.3, -0.25) is 14.5 Å². The average molecular weight is 798 g/mol. The molecule has 6 aliphatic rings. The van der Waals surface area contributed by atoms with E-state index in [1.807, 2.05) is 0 Å². The fraction of sp³-hybridized carbons (Fsp3) is 0.732. The molecule has 15 nitrogen and oxygen atoms in total. The largest absolute Gasteiger partial charge is 0.514 e. The molecular formula is C41H60BN3O12. The highest BCUT2D eigenvalue weighted by Gasteiger charge is 2.67. The zero-order chi connectivity index (χ0) is 42.0. The van der Waals surface area contributed by atoms with E-state index >= 15 is 0 Å². The molecule has 3 saturated heterocycles. The number of benzene rings is 1. The first-order valence-electron chi connectivity index (χ1n) is 20.1. The predicted molar refractivity (Wildman–Crippen MR) is 208 cm³/mol. The maximum absolute atomic E-state index is 14.0. The molecule has 1 N–H and O–H groups in total. The zero-order valence-corrected chi connectivity index (χ0v) is 35.3. The number of hydrogen-bond acceptors (Lipinski definition) is 11. The highest BCUT2D eigenvalue weighted by atomic mass is 16.7. The highest BCUT2D eigenvalue weighted by molar-refractivity contribution is 6.45. The number of carbonyl (C=O) groups excluding carboxylic acids is 4. The number of carboxylic acid groups (broad SMARTS) is 1. The molecule has 7 rings (SSSR count). The van der Waals surface area contributed by atoms with Gasteiger partial charge < -0.3 is 43.2 Å². The number of rotatable bonds is 10. The third kappa shape index (κ3) is 8.86. The second-order valence-corrected chi connectivity index (χ2v) is 19.5. The molecule has 3 aliphatic heterocycles. The van der Waals surface area contributed by atoms with Crippen LogP contribution in [-0.4, -0.2) is 126 Å². The summed E-state index contributed by atoms with van der Waals surface area (Å²) >= 11 is 0. The fourth-order valence-electron chi connectivity index (χ4n) is 9.33. The van der Waals surface area contributed by atoms with Gasteiger partial charge in [0.25, 0.3) is 0 Å². The molecular weight excluding hydrogens is 737 g/mol. The Labute approximate surface area is 336 Å². The van der Waals surface area contributed by atoms with E-state index in [0.717, 1.165) is 17.7 Å². The number of likely N-dealkylation sites (tertiary alicyclic amines) is 2. The van der Waals surface area contributed by atoms with Gasteiger partial charge in [-0.2, -0.15) is 0 Å². The monoisotopic (exact) mass is 797 g/mol. The Hall–Kier alpha value is -4.05. The van der Waals surface area contributed by atoms with E-state index in [2.05, 4.69) is 20.8 Å². The number of amides is 3. The van der Waals surface area contributed by atoms with Gasteiger partial charge in [0.15, 0.2) is 5.75 Å². The summed E-state index contributed by atoms with van der Waals surface area (Å²) in [4.78, 5) is 69.1. The van der Waals surface area contributed by atoms with E-state index in [1.54, 1.807) is 72.7 Å². The van der Waals surface area contributed by atoms with E-state index in [9.17, 15) is 29.1 Å². The van der Waals surface area contributed by atoms with Crippen LogP contribution in [-0.2, 0) is 34.8 Å². The average Bonchev–Trinajstić information content (AvgIpc) is 3.63. The van der Waals surface area contributed by atoms with Crippen LogP contribution in [0.15, 0.2) is 12.1 Å². The van der Waals surface area contributed by atoms with Gasteiger partial charge in [0.1, 0.15) is 34.7 Å². The van der Waals surface area contributed by atoms with E-state index in [4.69, 9.17) is 28.3 Å². The Bertz CT molecular complexity index is 1770. The lowest BCUT2D eigenvalue weighted by Crippen LogP contribution is -2.65. The Morgan fingerprint density at radius 3 is 2.21 bits per heavy atom. The van der Waals surface area contributed by atoms with E-state index in [0.29, 0.717) is 30.1 Å². The molecule has 2 bridgehead atoms. The van der Waals surface area contributed by atoms with Gasteiger partial charge in [0, 0.05) is 27.1 Å². The summed E-state index contributed by atoms with van der Waals surface area (Å²) in [6.45, 7) is 17.6. The Balaban J connectivity index is 1.19. The first-order chi connectivity index (χ1) is 26.4. The van der Waals surface area contributed by atoms with Crippen LogP contribution in [0.2, 0.25) is 6.32 Å². The van der Waals surface area contributed by atoms with Crippen LogP contribution in [0.3, 0.4) is 0 Å². The standard InChI is InChI=1S/C41H60BN3O12/c1-38(2,3)54-35(48)32-28(52-26-21-44(22-26)31(46)17-23-16-27(34(47)43(10)11)45(20-23)36(49)50)13-12-24(33(32)53-37(51)55-39(4,5)6)14-15-42-56-30-19-25-18-29(40(25,7)8)41(30,9)57-42/h12-13,23,25-27,29-30H,14-22H2,1-11H3,(H,49,50)/t23-,25-,27+,29-,30+,41-/m0/s1. The van der Waals surface area contributed by atoms with Gasteiger partial charge in [0.2, 0.25) is 11.8 Å². The molecule has 16 heteroatoms. The topological polar surface area (TPSA) is 171 Å². The lowest BCUT2D eigenvalue weighted by atomic mass is 9.43. The number of carbonyl (C=O) groups is 5. The van der Waals surface area contributed by atoms with Crippen molar-refractivity contribution in [3.63, 3.8) is 0 Å². The van der Waals surface area contributed by atoms with Crippen molar-refractivity contribution in [2.24, 2.45) is 23.2 Å². The summed E-state index contributed by atoms with van der Waals surface area (Å²) in [5.74, 6) is -0.504.